The van der Waals surface area contributed by atoms with Gasteiger partial charge in [-0.3, -0.25) is 0 Å². The van der Waals surface area contributed by atoms with Gasteiger partial charge in [0.15, 0.2) is 0 Å². The van der Waals surface area contributed by atoms with Gasteiger partial charge < -0.3 is 15.2 Å². The normalized spacial score (nSPS) is 12.7. The molecule has 3 nitrogen and oxygen atoms in total. The molecule has 0 saturated heterocycles. The highest BCUT2D eigenvalue weighted by Crippen LogP contribution is 2.16. The summed E-state index contributed by atoms with van der Waals surface area (Å²) in [5.41, 5.74) is 6.49. The Hall–Kier alpha value is -0.970. The molecule has 16 heavy (non-hydrogen) atoms. The minimum Gasteiger partial charge on any atom is -0.379 e. The van der Waals surface area contributed by atoms with Crippen LogP contribution in [0.4, 0.5) is 4.39 Å². The minimum atomic E-state index is -0.256. The van der Waals surface area contributed by atoms with Gasteiger partial charge in [0, 0.05) is 13.2 Å². The molecule has 0 aromatic heterocycles. The molecule has 0 bridgehead atoms. The molecule has 1 aromatic rings. The molecule has 1 unspecified atom stereocenters. The standard InChI is InChI=1S/C12H18FNO2/c1-2-15-7-8-16-12(9-14)10-3-5-11(13)6-4-10/h3-6,12H,2,7-9,14H2,1H3. The number of nitrogens with two attached hydrogens (primary N) is 1. The van der Waals surface area contributed by atoms with E-state index in [9.17, 15) is 4.39 Å². The maximum Gasteiger partial charge on any atom is 0.123 e. The monoisotopic (exact) mass is 227 g/mol. The quantitative estimate of drug-likeness (QED) is 0.723. The van der Waals surface area contributed by atoms with Crippen LogP contribution in [-0.4, -0.2) is 26.4 Å². The third-order valence-electron chi connectivity index (χ3n) is 2.21. The minimum absolute atomic E-state index is 0.193. The average Bonchev–Trinajstić information content (AvgIpc) is 2.31. The van der Waals surface area contributed by atoms with Crippen LogP contribution < -0.4 is 5.73 Å². The van der Waals surface area contributed by atoms with Crippen LogP contribution in [0, 0.1) is 5.82 Å². The maximum absolute atomic E-state index is 12.7. The zero-order valence-electron chi connectivity index (χ0n) is 9.49. The van der Waals surface area contributed by atoms with Crippen molar-refractivity contribution in [2.45, 2.75) is 13.0 Å². The molecule has 0 amide bonds. The first-order valence-corrected chi connectivity index (χ1v) is 5.42. The zero-order valence-corrected chi connectivity index (χ0v) is 9.49. The number of benzene rings is 1. The van der Waals surface area contributed by atoms with E-state index in [0.29, 0.717) is 26.4 Å². The lowest BCUT2D eigenvalue weighted by Crippen LogP contribution is -2.18. The first kappa shape index (κ1) is 13.1. The van der Waals surface area contributed by atoms with Crippen molar-refractivity contribution in [2.24, 2.45) is 5.73 Å². The fraction of sp³-hybridized carbons (Fsp3) is 0.500. The van der Waals surface area contributed by atoms with Crippen molar-refractivity contribution in [3.8, 4) is 0 Å². The Bertz CT molecular complexity index is 290. The molecule has 0 aliphatic rings. The van der Waals surface area contributed by atoms with Gasteiger partial charge >= 0.3 is 0 Å². The number of hydrogen-bond donors (Lipinski definition) is 1. The number of hydrogen-bond acceptors (Lipinski definition) is 3. The Morgan fingerprint density at radius 2 is 1.94 bits per heavy atom. The summed E-state index contributed by atoms with van der Waals surface area (Å²) in [6, 6.07) is 6.19. The lowest BCUT2D eigenvalue weighted by Gasteiger charge is -2.16. The summed E-state index contributed by atoms with van der Waals surface area (Å²) < 4.78 is 23.4. The molecule has 0 saturated carbocycles. The average molecular weight is 227 g/mol. The second kappa shape index (κ2) is 7.33. The first-order chi connectivity index (χ1) is 7.77. The summed E-state index contributed by atoms with van der Waals surface area (Å²) >= 11 is 0. The van der Waals surface area contributed by atoms with E-state index in [1.165, 1.54) is 12.1 Å². The van der Waals surface area contributed by atoms with Gasteiger partial charge in [-0.2, -0.15) is 0 Å². The smallest absolute Gasteiger partial charge is 0.123 e. The molecule has 2 N–H and O–H groups in total. The Morgan fingerprint density at radius 3 is 2.50 bits per heavy atom. The van der Waals surface area contributed by atoms with Gasteiger partial charge in [-0.15, -0.1) is 0 Å². The highest BCUT2D eigenvalue weighted by molar-refractivity contribution is 5.18. The molecule has 0 radical (unpaired) electrons. The van der Waals surface area contributed by atoms with Crippen molar-refractivity contribution in [1.82, 2.24) is 0 Å². The largest absolute Gasteiger partial charge is 0.379 e. The molecule has 0 aliphatic heterocycles. The van der Waals surface area contributed by atoms with E-state index >= 15 is 0 Å². The molecule has 0 heterocycles. The summed E-state index contributed by atoms with van der Waals surface area (Å²) in [4.78, 5) is 0. The summed E-state index contributed by atoms with van der Waals surface area (Å²) in [7, 11) is 0. The van der Waals surface area contributed by atoms with Crippen LogP contribution >= 0.6 is 0 Å². The molecular weight excluding hydrogens is 209 g/mol. The highest BCUT2D eigenvalue weighted by Gasteiger charge is 2.09. The predicted molar refractivity (Wildman–Crippen MR) is 60.6 cm³/mol. The first-order valence-electron chi connectivity index (χ1n) is 5.42. The van der Waals surface area contributed by atoms with E-state index in [1.807, 2.05) is 6.92 Å². The number of ether oxygens (including phenoxy) is 2. The van der Waals surface area contributed by atoms with E-state index in [1.54, 1.807) is 12.1 Å². The van der Waals surface area contributed by atoms with Gasteiger partial charge in [0.05, 0.1) is 19.3 Å². The number of halogens is 1. The van der Waals surface area contributed by atoms with Crippen molar-refractivity contribution in [2.75, 3.05) is 26.4 Å². The second-order valence-corrected chi connectivity index (χ2v) is 3.34. The van der Waals surface area contributed by atoms with Crippen molar-refractivity contribution in [3.05, 3.63) is 35.6 Å². The van der Waals surface area contributed by atoms with Gasteiger partial charge in [-0.05, 0) is 24.6 Å². The Kier molecular flexibility index (Phi) is 6.00. The lowest BCUT2D eigenvalue weighted by molar-refractivity contribution is 0.0104. The highest BCUT2D eigenvalue weighted by atomic mass is 19.1. The number of rotatable bonds is 7. The van der Waals surface area contributed by atoms with E-state index in [4.69, 9.17) is 15.2 Å². The molecule has 0 fully saturated rings. The van der Waals surface area contributed by atoms with E-state index in [-0.39, 0.29) is 11.9 Å². The van der Waals surface area contributed by atoms with Gasteiger partial charge in [0.2, 0.25) is 0 Å². The maximum atomic E-state index is 12.7. The molecule has 90 valence electrons. The summed E-state index contributed by atoms with van der Waals surface area (Å²) in [5.74, 6) is -0.256. The van der Waals surface area contributed by atoms with Crippen LogP contribution in [0.15, 0.2) is 24.3 Å². The van der Waals surface area contributed by atoms with E-state index < -0.39 is 0 Å². The van der Waals surface area contributed by atoms with Crippen LogP contribution in [-0.2, 0) is 9.47 Å². The lowest BCUT2D eigenvalue weighted by atomic mass is 10.1. The van der Waals surface area contributed by atoms with Crippen molar-refractivity contribution < 1.29 is 13.9 Å². The van der Waals surface area contributed by atoms with Crippen molar-refractivity contribution in [1.29, 1.82) is 0 Å². The van der Waals surface area contributed by atoms with Gasteiger partial charge in [-0.25, -0.2) is 4.39 Å². The Balaban J connectivity index is 2.44. The van der Waals surface area contributed by atoms with Crippen LogP contribution in [0.5, 0.6) is 0 Å². The molecule has 4 heteroatoms. The van der Waals surface area contributed by atoms with Gasteiger partial charge in [-0.1, -0.05) is 12.1 Å². The molecule has 1 aromatic carbocycles. The van der Waals surface area contributed by atoms with Crippen LogP contribution in [0.3, 0.4) is 0 Å². The predicted octanol–water partition coefficient (Wildman–Crippen LogP) is 1.88. The fourth-order valence-electron chi connectivity index (χ4n) is 1.37. The SMILES string of the molecule is CCOCCOC(CN)c1ccc(F)cc1. The van der Waals surface area contributed by atoms with Crippen LogP contribution in [0.1, 0.15) is 18.6 Å². The molecule has 0 aliphatic carbocycles. The van der Waals surface area contributed by atoms with Gasteiger partial charge in [0.25, 0.3) is 0 Å². The fourth-order valence-corrected chi connectivity index (χ4v) is 1.37. The van der Waals surface area contributed by atoms with Crippen molar-refractivity contribution in [3.63, 3.8) is 0 Å². The van der Waals surface area contributed by atoms with E-state index in [0.717, 1.165) is 5.56 Å². The molecule has 0 spiro atoms. The Labute approximate surface area is 95.4 Å². The third-order valence-corrected chi connectivity index (χ3v) is 2.21. The molecule has 1 rings (SSSR count). The topological polar surface area (TPSA) is 44.5 Å². The Morgan fingerprint density at radius 1 is 1.25 bits per heavy atom. The summed E-state index contributed by atoms with van der Waals surface area (Å²) in [5, 5.41) is 0. The molecular formula is C12H18FNO2. The van der Waals surface area contributed by atoms with E-state index in [2.05, 4.69) is 0 Å². The summed E-state index contributed by atoms with van der Waals surface area (Å²) in [6.45, 7) is 4.02. The second-order valence-electron chi connectivity index (χ2n) is 3.34. The van der Waals surface area contributed by atoms with Crippen LogP contribution in [0.25, 0.3) is 0 Å². The van der Waals surface area contributed by atoms with Crippen molar-refractivity contribution >= 4 is 0 Å². The van der Waals surface area contributed by atoms with Crippen LogP contribution in [0.2, 0.25) is 0 Å². The zero-order chi connectivity index (χ0) is 11.8. The third kappa shape index (κ3) is 4.26. The summed E-state index contributed by atoms with van der Waals surface area (Å²) in [6.07, 6.45) is -0.193. The van der Waals surface area contributed by atoms with Gasteiger partial charge in [0.1, 0.15) is 5.82 Å². The molecule has 1 atom stereocenters.